The van der Waals surface area contributed by atoms with Crippen molar-refractivity contribution in [3.05, 3.63) is 39.4 Å². The molecule has 1 atom stereocenters. The Morgan fingerprint density at radius 2 is 2.20 bits per heavy atom. The van der Waals surface area contributed by atoms with Crippen LogP contribution in [0.15, 0.2) is 18.2 Å². The largest absolute Gasteiger partial charge is 0.330 e. The topological polar surface area (TPSA) is 95.2 Å². The highest BCUT2D eigenvalue weighted by atomic mass is 16.6. The fourth-order valence-corrected chi connectivity index (χ4v) is 1.47. The Morgan fingerprint density at radius 3 is 2.73 bits per heavy atom. The lowest BCUT2D eigenvalue weighted by Crippen LogP contribution is -2.16. The molecule has 5 nitrogen and oxygen atoms in total. The van der Waals surface area contributed by atoms with Crippen LogP contribution in [0.3, 0.4) is 0 Å². The summed E-state index contributed by atoms with van der Waals surface area (Å²) in [6.07, 6.45) is 0.546. The fourth-order valence-electron chi connectivity index (χ4n) is 1.47. The zero-order chi connectivity index (χ0) is 11.4. The molecule has 1 aromatic rings. The summed E-state index contributed by atoms with van der Waals surface area (Å²) >= 11 is 0. The normalized spacial score (nSPS) is 12.5. The zero-order valence-electron chi connectivity index (χ0n) is 8.64. The summed E-state index contributed by atoms with van der Waals surface area (Å²) in [6.45, 7) is 2.30. The van der Waals surface area contributed by atoms with Crippen LogP contribution < -0.4 is 11.5 Å². The number of nitro groups is 1. The van der Waals surface area contributed by atoms with Gasteiger partial charge >= 0.3 is 0 Å². The molecule has 0 aliphatic rings. The molecule has 0 fully saturated rings. The molecule has 0 spiro atoms. The molecule has 0 radical (unpaired) electrons. The van der Waals surface area contributed by atoms with Crippen molar-refractivity contribution in [1.82, 2.24) is 0 Å². The number of hydrogen-bond acceptors (Lipinski definition) is 4. The predicted octanol–water partition coefficient (Wildman–Crippen LogP) is 1.25. The lowest BCUT2D eigenvalue weighted by atomic mass is 10.0. The molecule has 0 saturated heterocycles. The molecular weight excluding hydrogens is 194 g/mol. The number of hydrogen-bond donors (Lipinski definition) is 2. The van der Waals surface area contributed by atoms with Crippen LogP contribution in [0.1, 0.15) is 23.6 Å². The molecule has 82 valence electrons. The second-order valence-electron chi connectivity index (χ2n) is 3.50. The van der Waals surface area contributed by atoms with Crippen LogP contribution in [0.2, 0.25) is 0 Å². The summed E-state index contributed by atoms with van der Waals surface area (Å²) < 4.78 is 0. The smallest absolute Gasteiger partial charge is 0.274 e. The second kappa shape index (κ2) is 4.86. The molecule has 15 heavy (non-hydrogen) atoms. The van der Waals surface area contributed by atoms with Gasteiger partial charge in [0.15, 0.2) is 0 Å². The average Bonchev–Trinajstić information content (AvgIpc) is 2.17. The Kier molecular flexibility index (Phi) is 3.76. The standard InChI is InChI=1S/C10H15N3O2/c1-7-2-3-10(13(14)15)8(6-7)9(12)4-5-11/h2-3,6,9H,4-5,11-12H2,1H3. The van der Waals surface area contributed by atoms with Gasteiger partial charge in [-0.15, -0.1) is 0 Å². The number of nitro benzene ring substituents is 1. The van der Waals surface area contributed by atoms with E-state index in [0.29, 0.717) is 18.5 Å². The first-order chi connectivity index (χ1) is 7.06. The van der Waals surface area contributed by atoms with E-state index in [1.807, 2.05) is 6.92 Å². The molecular formula is C10H15N3O2. The minimum atomic E-state index is -0.412. The first-order valence-electron chi connectivity index (χ1n) is 4.77. The van der Waals surface area contributed by atoms with Gasteiger partial charge in [0, 0.05) is 17.7 Å². The Bertz CT molecular complexity index is 366. The third-order valence-electron chi connectivity index (χ3n) is 2.26. The van der Waals surface area contributed by atoms with E-state index >= 15 is 0 Å². The molecule has 0 aliphatic carbocycles. The molecule has 1 unspecified atom stereocenters. The van der Waals surface area contributed by atoms with Crippen LogP contribution in [0, 0.1) is 17.0 Å². The van der Waals surface area contributed by atoms with E-state index in [1.165, 1.54) is 6.07 Å². The van der Waals surface area contributed by atoms with E-state index in [9.17, 15) is 10.1 Å². The maximum absolute atomic E-state index is 10.8. The van der Waals surface area contributed by atoms with Crippen molar-refractivity contribution in [3.63, 3.8) is 0 Å². The fraction of sp³-hybridized carbons (Fsp3) is 0.400. The van der Waals surface area contributed by atoms with Crippen molar-refractivity contribution < 1.29 is 4.92 Å². The zero-order valence-corrected chi connectivity index (χ0v) is 8.64. The molecule has 0 heterocycles. The summed E-state index contributed by atoms with van der Waals surface area (Å²) in [4.78, 5) is 10.3. The lowest BCUT2D eigenvalue weighted by Gasteiger charge is -2.11. The van der Waals surface area contributed by atoms with Crippen molar-refractivity contribution in [3.8, 4) is 0 Å². The van der Waals surface area contributed by atoms with Gasteiger partial charge in [0.1, 0.15) is 0 Å². The van der Waals surface area contributed by atoms with Gasteiger partial charge < -0.3 is 11.5 Å². The maximum Gasteiger partial charge on any atom is 0.274 e. The van der Waals surface area contributed by atoms with Crippen molar-refractivity contribution in [2.75, 3.05) is 6.54 Å². The summed E-state index contributed by atoms with van der Waals surface area (Å²) in [7, 11) is 0. The van der Waals surface area contributed by atoms with Crippen LogP contribution in [-0.4, -0.2) is 11.5 Å². The second-order valence-corrected chi connectivity index (χ2v) is 3.50. The van der Waals surface area contributed by atoms with Crippen LogP contribution in [0.5, 0.6) is 0 Å². The van der Waals surface area contributed by atoms with Gasteiger partial charge in [-0.3, -0.25) is 10.1 Å². The van der Waals surface area contributed by atoms with Gasteiger partial charge in [0.2, 0.25) is 0 Å². The molecule has 1 aromatic carbocycles. The van der Waals surface area contributed by atoms with Gasteiger partial charge in [-0.2, -0.15) is 0 Å². The molecule has 0 aromatic heterocycles. The van der Waals surface area contributed by atoms with Gasteiger partial charge in [-0.1, -0.05) is 11.6 Å². The third-order valence-corrected chi connectivity index (χ3v) is 2.26. The van der Waals surface area contributed by atoms with Crippen LogP contribution in [0.4, 0.5) is 5.69 Å². The highest BCUT2D eigenvalue weighted by Crippen LogP contribution is 2.26. The number of rotatable bonds is 4. The number of aryl methyl sites for hydroxylation is 1. The van der Waals surface area contributed by atoms with E-state index in [4.69, 9.17) is 11.5 Å². The Labute approximate surface area is 88.2 Å². The Morgan fingerprint density at radius 1 is 1.53 bits per heavy atom. The minimum Gasteiger partial charge on any atom is -0.330 e. The van der Waals surface area contributed by atoms with E-state index in [0.717, 1.165) is 5.56 Å². The van der Waals surface area contributed by atoms with Gasteiger partial charge in [0.05, 0.1) is 4.92 Å². The van der Waals surface area contributed by atoms with Gasteiger partial charge in [-0.05, 0) is 26.0 Å². The molecule has 0 bridgehead atoms. The molecule has 0 amide bonds. The molecule has 0 aliphatic heterocycles. The lowest BCUT2D eigenvalue weighted by molar-refractivity contribution is -0.385. The molecule has 5 heteroatoms. The van der Waals surface area contributed by atoms with Crippen molar-refractivity contribution in [2.24, 2.45) is 11.5 Å². The first kappa shape index (κ1) is 11.6. The van der Waals surface area contributed by atoms with Crippen LogP contribution in [0.25, 0.3) is 0 Å². The van der Waals surface area contributed by atoms with Crippen LogP contribution in [-0.2, 0) is 0 Å². The Balaban J connectivity index is 3.12. The third kappa shape index (κ3) is 2.74. The van der Waals surface area contributed by atoms with Gasteiger partial charge in [0.25, 0.3) is 5.69 Å². The SMILES string of the molecule is Cc1ccc([N+](=O)[O-])c(C(N)CCN)c1. The van der Waals surface area contributed by atoms with Gasteiger partial charge in [-0.25, -0.2) is 0 Å². The number of nitrogens with zero attached hydrogens (tertiary/aromatic N) is 1. The van der Waals surface area contributed by atoms with E-state index < -0.39 is 4.92 Å². The van der Waals surface area contributed by atoms with Crippen molar-refractivity contribution in [1.29, 1.82) is 0 Å². The summed E-state index contributed by atoms with van der Waals surface area (Å²) in [5, 5.41) is 10.8. The minimum absolute atomic E-state index is 0.0709. The maximum atomic E-state index is 10.8. The van der Waals surface area contributed by atoms with Crippen molar-refractivity contribution in [2.45, 2.75) is 19.4 Å². The van der Waals surface area contributed by atoms with E-state index in [2.05, 4.69) is 0 Å². The summed E-state index contributed by atoms with van der Waals surface area (Å²) in [6, 6.07) is 4.58. The first-order valence-corrected chi connectivity index (χ1v) is 4.77. The summed E-state index contributed by atoms with van der Waals surface area (Å²) in [5.74, 6) is 0. The quantitative estimate of drug-likeness (QED) is 0.576. The average molecular weight is 209 g/mol. The van der Waals surface area contributed by atoms with Crippen LogP contribution >= 0.6 is 0 Å². The Hall–Kier alpha value is -1.46. The molecule has 0 saturated carbocycles. The molecule has 1 rings (SSSR count). The molecule has 4 N–H and O–H groups in total. The van der Waals surface area contributed by atoms with E-state index in [1.54, 1.807) is 12.1 Å². The van der Waals surface area contributed by atoms with E-state index in [-0.39, 0.29) is 11.7 Å². The highest BCUT2D eigenvalue weighted by Gasteiger charge is 2.18. The number of nitrogens with two attached hydrogens (primary N) is 2. The summed E-state index contributed by atoms with van der Waals surface area (Å²) in [5.41, 5.74) is 12.8. The number of benzene rings is 1. The van der Waals surface area contributed by atoms with Crippen molar-refractivity contribution >= 4 is 5.69 Å². The monoisotopic (exact) mass is 209 g/mol. The highest BCUT2D eigenvalue weighted by molar-refractivity contribution is 5.44. The predicted molar refractivity (Wildman–Crippen MR) is 58.4 cm³/mol.